The van der Waals surface area contributed by atoms with Crippen LogP contribution in [0.4, 0.5) is 0 Å². The molecule has 0 bridgehead atoms. The first-order valence-corrected chi connectivity index (χ1v) is 24.7. The van der Waals surface area contributed by atoms with Crippen molar-refractivity contribution in [2.75, 3.05) is 93.2 Å². The number of hydrogen-bond acceptors (Lipinski definition) is 21. The van der Waals surface area contributed by atoms with Crippen LogP contribution in [0.2, 0.25) is 0 Å². The van der Waals surface area contributed by atoms with E-state index in [9.17, 15) is 44.3 Å². The Balaban J connectivity index is 1.74. The predicted molar refractivity (Wildman–Crippen MR) is 199 cm³/mol. The van der Waals surface area contributed by atoms with Gasteiger partial charge in [0.1, 0.15) is 36.6 Å². The van der Waals surface area contributed by atoms with Gasteiger partial charge in [-0.15, -0.1) is 0 Å². The van der Waals surface area contributed by atoms with E-state index < -0.39 is 116 Å². The molecule has 2 aliphatic rings. The minimum absolute atomic E-state index is 0.0325. The van der Waals surface area contributed by atoms with Crippen LogP contribution in [0.15, 0.2) is 0 Å². The topological polar surface area (TPSA) is 300 Å². The van der Waals surface area contributed by atoms with Crippen LogP contribution in [0, 0.1) is 5.92 Å². The van der Waals surface area contributed by atoms with E-state index >= 15 is 0 Å². The molecule has 0 aromatic rings. The Kier molecular flexibility index (Phi) is 24.5. The van der Waals surface area contributed by atoms with Crippen molar-refractivity contribution in [3.8, 4) is 0 Å². The summed E-state index contributed by atoms with van der Waals surface area (Å²) in [4.78, 5) is 0. The van der Waals surface area contributed by atoms with E-state index in [1.807, 2.05) is 0 Å². The van der Waals surface area contributed by atoms with Gasteiger partial charge in [0.25, 0.3) is 0 Å². The van der Waals surface area contributed by atoms with Gasteiger partial charge in [-0.1, -0.05) is 6.92 Å². The van der Waals surface area contributed by atoms with Gasteiger partial charge in [-0.05, 0) is 38.5 Å². The number of rotatable bonds is 30. The van der Waals surface area contributed by atoms with E-state index in [2.05, 4.69) is 0 Å². The number of aliphatic hydroxyl groups is 6. The maximum atomic E-state index is 13.1. The molecule has 14 unspecified atom stereocenters. The van der Waals surface area contributed by atoms with Crippen LogP contribution < -0.4 is 5.73 Å². The molecule has 2 fully saturated rings. The predicted octanol–water partition coefficient (Wildman–Crippen LogP) is 0.785. The molecule has 0 aliphatic carbocycles. The molecule has 14 atom stereocenters. The minimum atomic E-state index is -3.70. The fourth-order valence-electron chi connectivity index (χ4n) is 5.49. The summed E-state index contributed by atoms with van der Waals surface area (Å²) in [5.74, 6) is -0.503. The molecular weight excluding hydrogens is 811 g/mol. The largest absolute Gasteiger partial charge is 0.394 e. The van der Waals surface area contributed by atoms with Crippen molar-refractivity contribution in [2.24, 2.45) is 11.7 Å². The first-order valence-electron chi connectivity index (χ1n) is 18.7. The Morgan fingerprint density at radius 3 is 1.54 bits per heavy atom. The lowest BCUT2D eigenvalue weighted by atomic mass is 9.92. The van der Waals surface area contributed by atoms with Gasteiger partial charge in [-0.25, -0.2) is 0 Å². The highest BCUT2D eigenvalue weighted by Gasteiger charge is 2.43. The Hall–Kier alpha value is -0.0300. The van der Waals surface area contributed by atoms with Gasteiger partial charge in [0, 0.05) is 46.2 Å². The monoisotopic (exact) mass is 877 g/mol. The summed E-state index contributed by atoms with van der Waals surface area (Å²) in [6.45, 7) is 4.37. The van der Waals surface area contributed by atoms with Crippen molar-refractivity contribution < 1.29 is 95.2 Å². The maximum absolute atomic E-state index is 13.1. The van der Waals surface area contributed by atoms with Gasteiger partial charge in [0.2, 0.25) is 0 Å². The van der Waals surface area contributed by atoms with E-state index in [1.165, 1.54) is 27.1 Å². The van der Waals surface area contributed by atoms with Crippen LogP contribution in [-0.4, -0.2) is 185 Å². The molecule has 24 heteroatoms. The fourth-order valence-corrected chi connectivity index (χ4v) is 8.57. The molecule has 21 nitrogen and oxygen atoms in total. The third kappa shape index (κ3) is 19.1. The van der Waals surface area contributed by atoms with E-state index in [4.69, 9.17) is 56.6 Å². The molecule has 2 saturated heterocycles. The van der Waals surface area contributed by atoms with Crippen molar-refractivity contribution in [1.82, 2.24) is 0 Å². The number of ether oxygens (including phenoxy) is 5. The fraction of sp³-hybridized carbons (Fsp3) is 1.00. The summed E-state index contributed by atoms with van der Waals surface area (Å²) in [6.07, 6.45) is -6.58. The molecule has 2 aliphatic heterocycles. The zero-order valence-corrected chi connectivity index (χ0v) is 35.7. The Morgan fingerprint density at radius 1 is 0.589 bits per heavy atom. The minimum Gasteiger partial charge on any atom is -0.394 e. The summed E-state index contributed by atoms with van der Waals surface area (Å²) >= 11 is 0. The number of methoxy groups -OCH3 is 1. The molecule has 334 valence electrons. The van der Waals surface area contributed by atoms with Crippen LogP contribution in [0.5, 0.6) is 0 Å². The molecule has 0 spiro atoms. The van der Waals surface area contributed by atoms with E-state index in [0.717, 1.165) is 0 Å². The van der Waals surface area contributed by atoms with Gasteiger partial charge < -0.3 is 87.2 Å². The molecule has 0 aromatic heterocycles. The number of unbranched alkanes of at least 4 members (excludes halogenated alkanes) is 4. The van der Waals surface area contributed by atoms with Crippen molar-refractivity contribution >= 4 is 22.8 Å². The Labute approximate surface area is 329 Å². The number of nitrogens with two attached hydrogens (primary N) is 1. The second kappa shape index (κ2) is 26.3. The zero-order chi connectivity index (χ0) is 41.9. The van der Waals surface area contributed by atoms with Crippen LogP contribution >= 0.6 is 22.8 Å². The molecule has 0 radical (unpaired) electrons. The summed E-state index contributed by atoms with van der Waals surface area (Å²) < 4.78 is 99.2. The molecule has 2 heterocycles. The quantitative estimate of drug-likeness (QED) is 0.0387. The lowest BCUT2D eigenvalue weighted by molar-refractivity contribution is -0.282. The van der Waals surface area contributed by atoms with Crippen LogP contribution in [0.1, 0.15) is 45.4 Å². The van der Waals surface area contributed by atoms with Crippen molar-refractivity contribution in [2.45, 2.75) is 107 Å². The van der Waals surface area contributed by atoms with E-state index in [-0.39, 0.29) is 39.6 Å². The molecule has 56 heavy (non-hydrogen) atoms. The maximum Gasteiger partial charge on any atom is 0.328 e. The third-order valence-corrected chi connectivity index (χ3v) is 12.7. The molecule has 0 amide bonds. The van der Waals surface area contributed by atoms with Gasteiger partial charge >= 0.3 is 22.8 Å². The van der Waals surface area contributed by atoms with Gasteiger partial charge in [-0.2, -0.15) is 0 Å². The van der Waals surface area contributed by atoms with Gasteiger partial charge in [0.15, 0.2) is 12.6 Å². The van der Waals surface area contributed by atoms with Crippen LogP contribution in [0.25, 0.3) is 0 Å². The zero-order valence-electron chi connectivity index (χ0n) is 33.0. The second-order valence-electron chi connectivity index (χ2n) is 13.8. The highest BCUT2D eigenvalue weighted by molar-refractivity contribution is 7.53. The Morgan fingerprint density at radius 2 is 1.04 bits per heavy atom. The first kappa shape index (κ1) is 52.1. The lowest BCUT2D eigenvalue weighted by Crippen LogP contribution is -2.62. The highest BCUT2D eigenvalue weighted by atomic mass is 31.2. The smallest absolute Gasteiger partial charge is 0.328 e. The van der Waals surface area contributed by atoms with Gasteiger partial charge in [0.05, 0.1) is 65.0 Å². The molecule has 0 saturated carbocycles. The van der Waals surface area contributed by atoms with Crippen LogP contribution in [0.3, 0.4) is 0 Å². The molecule has 8 N–H and O–H groups in total. The normalized spacial score (nSPS) is 32.4. The molecule has 2 rings (SSSR count). The average molecular weight is 878 g/mol. The summed E-state index contributed by atoms with van der Waals surface area (Å²) in [5, 5.41) is 58.8. The van der Waals surface area contributed by atoms with Crippen molar-refractivity contribution in [3.63, 3.8) is 0 Å². The van der Waals surface area contributed by atoms with E-state index in [0.29, 0.717) is 38.5 Å². The summed E-state index contributed by atoms with van der Waals surface area (Å²) in [6, 6.07) is -1.000. The SMILES string of the molecule is COCCOP(C)(=O)OC(COP(C)(=O)OCCCCCOC1OC(CO)C(O)C(O)C1C)COP(C)(=O)OCCCCCOC1OC(CO)C(O)C(O)C1N. The van der Waals surface area contributed by atoms with E-state index in [1.54, 1.807) is 6.92 Å². The number of hydrogen-bond donors (Lipinski definition) is 7. The lowest BCUT2D eigenvalue weighted by Gasteiger charge is -2.40. The Bertz CT molecular complexity index is 1150. The first-order chi connectivity index (χ1) is 26.4. The third-order valence-electron chi connectivity index (χ3n) is 8.85. The van der Waals surface area contributed by atoms with Crippen LogP contribution in [-0.2, 0) is 64.5 Å². The summed E-state index contributed by atoms with van der Waals surface area (Å²) in [5.41, 5.74) is 5.87. The molecular formula is C32H66NO20P3. The number of aliphatic hydroxyl groups excluding tert-OH is 6. The van der Waals surface area contributed by atoms with Crippen molar-refractivity contribution in [3.05, 3.63) is 0 Å². The van der Waals surface area contributed by atoms with Crippen molar-refractivity contribution in [1.29, 1.82) is 0 Å². The van der Waals surface area contributed by atoms with Gasteiger partial charge in [-0.3, -0.25) is 13.7 Å². The standard InChI is InChI=1S/C32H66NO20P3/c1-22-27(36)28(37)24(18-34)51-31(22)44-12-8-6-10-14-46-54(3,40)49-20-23(53-56(5,42)48-17-16-43-2)21-50-55(4,41)47-15-11-7-9-13-45-32-26(33)30(39)29(38)25(19-35)52-32/h22-32,34-39H,6-21,33H2,1-5H3. The average Bonchev–Trinajstić information content (AvgIpc) is 3.14. The molecule has 0 aromatic carbocycles. The second-order valence-corrected chi connectivity index (χ2v) is 20.0. The summed E-state index contributed by atoms with van der Waals surface area (Å²) in [7, 11) is -9.54. The highest BCUT2D eigenvalue weighted by Crippen LogP contribution is 2.49.